The van der Waals surface area contributed by atoms with Gasteiger partial charge in [-0.15, -0.1) is 5.53 Å². The Morgan fingerprint density at radius 1 is 1.50 bits per heavy atom. The van der Waals surface area contributed by atoms with Crippen LogP contribution in [0.1, 0.15) is 0 Å². The first kappa shape index (κ1) is 8.38. The fourth-order valence-electron chi connectivity index (χ4n) is 0.943. The first-order valence-electron chi connectivity index (χ1n) is 3.71. The molecule has 1 aliphatic rings. The van der Waals surface area contributed by atoms with Crippen LogP contribution in [0.3, 0.4) is 0 Å². The lowest BCUT2D eigenvalue weighted by Crippen LogP contribution is -2.37. The molecule has 0 unspecified atom stereocenters. The normalized spacial score (nSPS) is 14.1. The summed E-state index contributed by atoms with van der Waals surface area (Å²) in [5, 5.41) is 15.5. The molecule has 0 atom stereocenters. The van der Waals surface area contributed by atoms with Crippen molar-refractivity contribution in [1.29, 1.82) is 0 Å². The summed E-state index contributed by atoms with van der Waals surface area (Å²) in [5.74, 6) is 0.518. The Balaban J connectivity index is 2.21. The number of pyridine rings is 1. The first-order chi connectivity index (χ1) is 6.77. The highest BCUT2D eigenvalue weighted by atomic mass is 16.6. The second kappa shape index (κ2) is 3.26. The van der Waals surface area contributed by atoms with E-state index in [-0.39, 0.29) is 5.69 Å². The van der Waals surface area contributed by atoms with Crippen LogP contribution in [0.25, 0.3) is 0 Å². The minimum absolute atomic E-state index is 0.0437. The summed E-state index contributed by atoms with van der Waals surface area (Å²) < 4.78 is 0. The SMILES string of the molecule is O=[N+]([O-])c1ccc(N2C=NNN2)nc1. The van der Waals surface area contributed by atoms with Crippen molar-refractivity contribution >= 4 is 17.8 Å². The molecule has 1 aliphatic heterocycles. The molecule has 14 heavy (non-hydrogen) atoms. The second-order valence-electron chi connectivity index (χ2n) is 2.47. The number of hydrazine groups is 2. The summed E-state index contributed by atoms with van der Waals surface area (Å²) >= 11 is 0. The summed E-state index contributed by atoms with van der Waals surface area (Å²) in [4.78, 5) is 13.7. The first-order valence-corrected chi connectivity index (χ1v) is 3.71. The Morgan fingerprint density at radius 2 is 2.36 bits per heavy atom. The van der Waals surface area contributed by atoms with E-state index < -0.39 is 4.92 Å². The third-order valence-electron chi connectivity index (χ3n) is 1.60. The summed E-state index contributed by atoms with van der Waals surface area (Å²) in [6.45, 7) is 0. The summed E-state index contributed by atoms with van der Waals surface area (Å²) in [6, 6.07) is 2.89. The highest BCUT2D eigenvalue weighted by molar-refractivity contribution is 5.76. The maximum Gasteiger partial charge on any atom is 0.287 e. The highest BCUT2D eigenvalue weighted by Crippen LogP contribution is 2.13. The van der Waals surface area contributed by atoms with E-state index in [2.05, 4.69) is 21.2 Å². The molecular weight excluding hydrogens is 188 g/mol. The van der Waals surface area contributed by atoms with Crippen LogP contribution >= 0.6 is 0 Å². The molecule has 0 fully saturated rings. The summed E-state index contributed by atoms with van der Waals surface area (Å²) in [5.41, 5.74) is 5.09. The Bertz CT molecular complexity index is 374. The lowest BCUT2D eigenvalue weighted by Gasteiger charge is -2.10. The van der Waals surface area contributed by atoms with Gasteiger partial charge in [-0.25, -0.2) is 15.5 Å². The Kier molecular flexibility index (Phi) is 1.95. The number of anilines is 1. The van der Waals surface area contributed by atoms with Crippen LogP contribution in [-0.2, 0) is 0 Å². The van der Waals surface area contributed by atoms with Crippen molar-refractivity contribution in [3.05, 3.63) is 28.4 Å². The predicted molar refractivity (Wildman–Crippen MR) is 48.1 cm³/mol. The monoisotopic (exact) mass is 194 g/mol. The number of hydrazone groups is 1. The fraction of sp³-hybridized carbons (Fsp3) is 0. The molecule has 1 aromatic rings. The molecule has 0 amide bonds. The van der Waals surface area contributed by atoms with Crippen LogP contribution in [-0.4, -0.2) is 16.2 Å². The van der Waals surface area contributed by atoms with Gasteiger partial charge in [0.15, 0.2) is 5.82 Å². The van der Waals surface area contributed by atoms with Crippen molar-refractivity contribution < 1.29 is 4.92 Å². The second-order valence-corrected chi connectivity index (χ2v) is 2.47. The van der Waals surface area contributed by atoms with Crippen molar-refractivity contribution in [2.24, 2.45) is 5.10 Å². The van der Waals surface area contributed by atoms with E-state index in [1.807, 2.05) is 0 Å². The Labute approximate surface area is 78.3 Å². The molecule has 0 radical (unpaired) electrons. The molecule has 0 aromatic carbocycles. The molecule has 72 valence electrons. The molecule has 0 saturated heterocycles. The smallest absolute Gasteiger partial charge is 0.258 e. The zero-order chi connectivity index (χ0) is 9.97. The minimum Gasteiger partial charge on any atom is -0.258 e. The fourth-order valence-corrected chi connectivity index (χ4v) is 0.943. The molecule has 0 spiro atoms. The average Bonchev–Trinajstić information content (AvgIpc) is 2.71. The van der Waals surface area contributed by atoms with Gasteiger partial charge in [-0.3, -0.25) is 10.1 Å². The average molecular weight is 194 g/mol. The van der Waals surface area contributed by atoms with Crippen LogP contribution in [0, 0.1) is 10.1 Å². The van der Waals surface area contributed by atoms with Crippen LogP contribution in [0.2, 0.25) is 0 Å². The van der Waals surface area contributed by atoms with Gasteiger partial charge in [0.25, 0.3) is 5.69 Å². The number of nitrogens with zero attached hydrogens (tertiary/aromatic N) is 4. The topological polar surface area (TPSA) is 95.7 Å². The number of aromatic nitrogens is 1. The lowest BCUT2D eigenvalue weighted by molar-refractivity contribution is -0.385. The molecule has 8 nitrogen and oxygen atoms in total. The molecule has 0 aliphatic carbocycles. The zero-order valence-electron chi connectivity index (χ0n) is 6.91. The third-order valence-corrected chi connectivity index (χ3v) is 1.60. The molecule has 8 heteroatoms. The summed E-state index contributed by atoms with van der Waals surface area (Å²) in [7, 11) is 0. The quantitative estimate of drug-likeness (QED) is 0.498. The van der Waals surface area contributed by atoms with Gasteiger partial charge in [-0.1, -0.05) is 0 Å². The molecule has 2 rings (SSSR count). The van der Waals surface area contributed by atoms with E-state index in [4.69, 9.17) is 0 Å². The third kappa shape index (κ3) is 1.45. The Hall–Kier alpha value is -2.22. The van der Waals surface area contributed by atoms with Gasteiger partial charge in [0.1, 0.15) is 12.5 Å². The van der Waals surface area contributed by atoms with Gasteiger partial charge < -0.3 is 0 Å². The molecule has 0 saturated carbocycles. The zero-order valence-corrected chi connectivity index (χ0v) is 6.91. The van der Waals surface area contributed by atoms with Crippen molar-refractivity contribution in [1.82, 2.24) is 16.1 Å². The molecular formula is C6H6N6O2. The maximum atomic E-state index is 10.3. The van der Waals surface area contributed by atoms with E-state index in [1.165, 1.54) is 29.7 Å². The number of hydrogen-bond donors (Lipinski definition) is 2. The molecule has 1 aromatic heterocycles. The van der Waals surface area contributed by atoms with Gasteiger partial charge in [0.2, 0.25) is 0 Å². The molecule has 2 heterocycles. The van der Waals surface area contributed by atoms with Gasteiger partial charge in [0.05, 0.1) is 4.92 Å². The van der Waals surface area contributed by atoms with Gasteiger partial charge in [-0.2, -0.15) is 5.10 Å². The van der Waals surface area contributed by atoms with E-state index in [0.29, 0.717) is 5.82 Å². The maximum absolute atomic E-state index is 10.3. The minimum atomic E-state index is -0.499. The van der Waals surface area contributed by atoms with Crippen LogP contribution in [0.15, 0.2) is 23.4 Å². The van der Waals surface area contributed by atoms with E-state index >= 15 is 0 Å². The number of nitro groups is 1. The number of hydrogen-bond acceptors (Lipinski definition) is 7. The molecule has 2 N–H and O–H groups in total. The molecule has 0 bridgehead atoms. The Morgan fingerprint density at radius 3 is 2.86 bits per heavy atom. The predicted octanol–water partition coefficient (Wildman–Crippen LogP) is -0.238. The van der Waals surface area contributed by atoms with Crippen molar-refractivity contribution in [3.63, 3.8) is 0 Å². The number of rotatable bonds is 2. The van der Waals surface area contributed by atoms with Gasteiger partial charge in [0, 0.05) is 6.07 Å². The van der Waals surface area contributed by atoms with Crippen molar-refractivity contribution in [3.8, 4) is 0 Å². The van der Waals surface area contributed by atoms with Crippen LogP contribution in [0.4, 0.5) is 11.5 Å². The van der Waals surface area contributed by atoms with Crippen molar-refractivity contribution in [2.75, 3.05) is 5.01 Å². The van der Waals surface area contributed by atoms with Crippen molar-refractivity contribution in [2.45, 2.75) is 0 Å². The van der Waals surface area contributed by atoms with E-state index in [1.54, 1.807) is 0 Å². The van der Waals surface area contributed by atoms with Gasteiger partial charge in [-0.05, 0) is 6.07 Å². The van der Waals surface area contributed by atoms with Crippen LogP contribution in [0.5, 0.6) is 0 Å². The van der Waals surface area contributed by atoms with Crippen LogP contribution < -0.4 is 16.1 Å². The number of nitrogens with one attached hydrogen (secondary N) is 2. The van der Waals surface area contributed by atoms with E-state index in [9.17, 15) is 10.1 Å². The summed E-state index contributed by atoms with van der Waals surface area (Å²) in [6.07, 6.45) is 2.65. The lowest BCUT2D eigenvalue weighted by atomic mass is 10.4. The van der Waals surface area contributed by atoms with Gasteiger partial charge >= 0.3 is 0 Å². The highest BCUT2D eigenvalue weighted by Gasteiger charge is 2.11. The standard InChI is InChI=1S/C6H6N6O2/c13-12(14)5-1-2-6(7-3-5)11-4-8-9-10-11/h1-4,9-10H. The van der Waals surface area contributed by atoms with E-state index in [0.717, 1.165) is 0 Å². The largest absolute Gasteiger partial charge is 0.287 e.